The molecule has 0 radical (unpaired) electrons. The topological polar surface area (TPSA) is 39.2 Å². The van der Waals surface area contributed by atoms with Gasteiger partial charge in [-0.2, -0.15) is 0 Å². The van der Waals surface area contributed by atoms with Crippen LogP contribution in [0.2, 0.25) is 0 Å². The van der Waals surface area contributed by atoms with Crippen molar-refractivity contribution in [3.8, 4) is 0 Å². The lowest BCUT2D eigenvalue weighted by atomic mass is 9.96. The third kappa shape index (κ3) is 2.28. The van der Waals surface area contributed by atoms with Gasteiger partial charge in [0.05, 0.1) is 6.04 Å². The highest BCUT2D eigenvalue weighted by Crippen LogP contribution is 2.33. The molecule has 20 heavy (non-hydrogen) atoms. The normalized spacial score (nSPS) is 12.8. The van der Waals surface area contributed by atoms with Gasteiger partial charge in [-0.3, -0.25) is 0 Å². The molecule has 2 aromatic carbocycles. The number of aryl methyl sites for hydroxylation is 1. The maximum absolute atomic E-state index is 6.48. The molecule has 1 atom stereocenters. The molecule has 3 heteroatoms. The van der Waals surface area contributed by atoms with Gasteiger partial charge in [0.2, 0.25) is 0 Å². The average Bonchev–Trinajstić information content (AvgIpc) is 2.85. The fourth-order valence-corrected chi connectivity index (χ4v) is 2.82. The molecule has 0 aliphatic heterocycles. The van der Waals surface area contributed by atoms with E-state index in [4.69, 9.17) is 10.2 Å². The maximum atomic E-state index is 6.48. The Hall–Kier alpha value is -1.58. The highest BCUT2D eigenvalue weighted by atomic mass is 79.9. The zero-order valence-corrected chi connectivity index (χ0v) is 12.9. The SMILES string of the molecule is CCc1oc2ccccc2c1C(N)c1ccc(Br)cc1. The Labute approximate surface area is 126 Å². The minimum Gasteiger partial charge on any atom is -0.461 e. The first-order valence-corrected chi connectivity index (χ1v) is 7.51. The Bertz CT molecular complexity index is 730. The van der Waals surface area contributed by atoms with Crippen molar-refractivity contribution in [1.29, 1.82) is 0 Å². The van der Waals surface area contributed by atoms with Gasteiger partial charge in [-0.15, -0.1) is 0 Å². The number of halogens is 1. The molecule has 1 unspecified atom stereocenters. The van der Waals surface area contributed by atoms with E-state index in [-0.39, 0.29) is 6.04 Å². The Morgan fingerprint density at radius 1 is 1.10 bits per heavy atom. The molecular formula is C17H16BrNO. The van der Waals surface area contributed by atoms with Crippen LogP contribution in [0.15, 0.2) is 57.4 Å². The quantitative estimate of drug-likeness (QED) is 0.749. The predicted octanol–water partition coefficient (Wildman–Crippen LogP) is 4.81. The van der Waals surface area contributed by atoms with Crippen molar-refractivity contribution >= 4 is 26.9 Å². The minimum absolute atomic E-state index is 0.165. The fourth-order valence-electron chi connectivity index (χ4n) is 2.56. The molecule has 1 aromatic heterocycles. The summed E-state index contributed by atoms with van der Waals surface area (Å²) in [7, 11) is 0. The van der Waals surface area contributed by atoms with Gasteiger partial charge >= 0.3 is 0 Å². The maximum Gasteiger partial charge on any atom is 0.134 e. The van der Waals surface area contributed by atoms with Crippen molar-refractivity contribution in [2.45, 2.75) is 19.4 Å². The number of benzene rings is 2. The molecule has 0 bridgehead atoms. The number of furan rings is 1. The summed E-state index contributed by atoms with van der Waals surface area (Å²) in [6.45, 7) is 2.09. The van der Waals surface area contributed by atoms with E-state index in [0.29, 0.717) is 0 Å². The number of fused-ring (bicyclic) bond motifs is 1. The molecule has 0 saturated carbocycles. The lowest BCUT2D eigenvalue weighted by Gasteiger charge is -2.13. The van der Waals surface area contributed by atoms with Crippen LogP contribution in [0.4, 0.5) is 0 Å². The smallest absolute Gasteiger partial charge is 0.134 e. The van der Waals surface area contributed by atoms with E-state index in [0.717, 1.165) is 38.7 Å². The summed E-state index contributed by atoms with van der Waals surface area (Å²) in [4.78, 5) is 0. The van der Waals surface area contributed by atoms with E-state index in [2.05, 4.69) is 41.1 Å². The van der Waals surface area contributed by atoms with Gasteiger partial charge in [0.1, 0.15) is 11.3 Å². The van der Waals surface area contributed by atoms with Gasteiger partial charge in [-0.25, -0.2) is 0 Å². The van der Waals surface area contributed by atoms with E-state index in [1.54, 1.807) is 0 Å². The van der Waals surface area contributed by atoms with Crippen molar-refractivity contribution in [3.05, 3.63) is 69.9 Å². The summed E-state index contributed by atoms with van der Waals surface area (Å²) in [5.41, 5.74) is 9.58. The van der Waals surface area contributed by atoms with Crippen LogP contribution >= 0.6 is 15.9 Å². The highest BCUT2D eigenvalue weighted by Gasteiger charge is 2.19. The molecule has 2 N–H and O–H groups in total. The number of para-hydroxylation sites is 1. The van der Waals surface area contributed by atoms with Crippen LogP contribution in [0.3, 0.4) is 0 Å². The molecule has 2 nitrogen and oxygen atoms in total. The van der Waals surface area contributed by atoms with Gasteiger partial charge in [0.25, 0.3) is 0 Å². The molecule has 3 rings (SSSR count). The Balaban J connectivity index is 2.15. The molecule has 3 aromatic rings. The predicted molar refractivity (Wildman–Crippen MR) is 85.8 cm³/mol. The monoisotopic (exact) mass is 329 g/mol. The summed E-state index contributed by atoms with van der Waals surface area (Å²) < 4.78 is 6.98. The molecule has 0 amide bonds. The van der Waals surface area contributed by atoms with Crippen LogP contribution in [-0.2, 0) is 6.42 Å². The summed E-state index contributed by atoms with van der Waals surface area (Å²) in [6, 6.07) is 16.0. The second-order valence-corrected chi connectivity index (χ2v) is 5.73. The Kier molecular flexibility index (Phi) is 3.64. The average molecular weight is 330 g/mol. The third-order valence-corrected chi connectivity index (χ3v) is 4.10. The minimum atomic E-state index is -0.165. The largest absolute Gasteiger partial charge is 0.461 e. The van der Waals surface area contributed by atoms with Gasteiger partial charge in [-0.05, 0) is 23.8 Å². The van der Waals surface area contributed by atoms with Crippen LogP contribution in [0, 0.1) is 0 Å². The molecule has 0 aliphatic rings. The third-order valence-electron chi connectivity index (χ3n) is 3.57. The summed E-state index contributed by atoms with van der Waals surface area (Å²) in [5, 5.41) is 1.11. The lowest BCUT2D eigenvalue weighted by Crippen LogP contribution is -2.13. The number of hydrogen-bond donors (Lipinski definition) is 1. The second-order valence-electron chi connectivity index (χ2n) is 4.82. The summed E-state index contributed by atoms with van der Waals surface area (Å²) >= 11 is 3.45. The van der Waals surface area contributed by atoms with Crippen LogP contribution in [0.1, 0.15) is 29.9 Å². The molecule has 0 spiro atoms. The van der Waals surface area contributed by atoms with Crippen molar-refractivity contribution in [2.75, 3.05) is 0 Å². The highest BCUT2D eigenvalue weighted by molar-refractivity contribution is 9.10. The van der Waals surface area contributed by atoms with E-state index < -0.39 is 0 Å². The van der Waals surface area contributed by atoms with E-state index in [1.807, 2.05) is 30.3 Å². The molecule has 0 aliphatic carbocycles. The number of nitrogens with two attached hydrogens (primary N) is 1. The van der Waals surface area contributed by atoms with Crippen molar-refractivity contribution < 1.29 is 4.42 Å². The first-order chi connectivity index (χ1) is 9.70. The van der Waals surface area contributed by atoms with Crippen molar-refractivity contribution in [1.82, 2.24) is 0 Å². The van der Waals surface area contributed by atoms with Crippen LogP contribution in [0.25, 0.3) is 11.0 Å². The van der Waals surface area contributed by atoms with E-state index in [1.165, 1.54) is 0 Å². The van der Waals surface area contributed by atoms with Crippen LogP contribution in [0.5, 0.6) is 0 Å². The fraction of sp³-hybridized carbons (Fsp3) is 0.176. The van der Waals surface area contributed by atoms with Crippen molar-refractivity contribution in [3.63, 3.8) is 0 Å². The van der Waals surface area contributed by atoms with Gasteiger partial charge in [0.15, 0.2) is 0 Å². The van der Waals surface area contributed by atoms with E-state index in [9.17, 15) is 0 Å². The first-order valence-electron chi connectivity index (χ1n) is 6.72. The van der Waals surface area contributed by atoms with Crippen molar-refractivity contribution in [2.24, 2.45) is 5.73 Å². The van der Waals surface area contributed by atoms with Crippen LogP contribution < -0.4 is 5.73 Å². The number of rotatable bonds is 3. The molecule has 0 fully saturated rings. The zero-order chi connectivity index (χ0) is 14.1. The Morgan fingerprint density at radius 3 is 2.50 bits per heavy atom. The second kappa shape index (κ2) is 5.43. The van der Waals surface area contributed by atoms with Gasteiger partial charge < -0.3 is 10.2 Å². The molecule has 0 saturated heterocycles. The summed E-state index contributed by atoms with van der Waals surface area (Å²) in [5.74, 6) is 0.974. The van der Waals surface area contributed by atoms with Crippen LogP contribution in [-0.4, -0.2) is 0 Å². The number of hydrogen-bond acceptors (Lipinski definition) is 2. The summed E-state index contributed by atoms with van der Waals surface area (Å²) in [6.07, 6.45) is 0.842. The Morgan fingerprint density at radius 2 is 1.80 bits per heavy atom. The lowest BCUT2D eigenvalue weighted by molar-refractivity contribution is 0.546. The molecule has 102 valence electrons. The molecular weight excluding hydrogens is 314 g/mol. The van der Waals surface area contributed by atoms with E-state index >= 15 is 0 Å². The first kappa shape index (κ1) is 13.4. The van der Waals surface area contributed by atoms with Gasteiger partial charge in [0, 0.05) is 21.8 Å². The zero-order valence-electron chi connectivity index (χ0n) is 11.3. The van der Waals surface area contributed by atoms with Gasteiger partial charge in [-0.1, -0.05) is 53.2 Å². The molecule has 1 heterocycles. The standard InChI is InChI=1S/C17H16BrNO/c1-2-14-16(13-5-3-4-6-15(13)20-14)17(19)11-7-9-12(18)10-8-11/h3-10,17H,2,19H2,1H3.